The van der Waals surface area contributed by atoms with Crippen LogP contribution in [0.5, 0.6) is 0 Å². The van der Waals surface area contributed by atoms with Gasteiger partial charge < -0.3 is 0 Å². The van der Waals surface area contributed by atoms with Gasteiger partial charge in [-0.1, -0.05) is 73.3 Å². The third-order valence-electron chi connectivity index (χ3n) is 4.92. The Bertz CT molecular complexity index is 1150. The highest BCUT2D eigenvalue weighted by Crippen LogP contribution is 2.37. The van der Waals surface area contributed by atoms with Crippen molar-refractivity contribution < 1.29 is 0 Å². The van der Waals surface area contributed by atoms with Crippen LogP contribution < -0.4 is 0 Å². The van der Waals surface area contributed by atoms with Gasteiger partial charge in [-0.3, -0.25) is 0 Å². The molecule has 0 heterocycles. The molecule has 24 heavy (non-hydrogen) atoms. The van der Waals surface area contributed by atoms with Crippen LogP contribution in [0.25, 0.3) is 49.5 Å². The molecule has 0 nitrogen and oxygen atoms in total. The highest BCUT2D eigenvalue weighted by molar-refractivity contribution is 6.23. The Morgan fingerprint density at radius 2 is 1.12 bits per heavy atom. The SMILES string of the molecule is C=Cc1cccc(-c2cc3ccc4cccc5ccc(c2)c3c45)c1. The molecule has 0 aliphatic heterocycles. The first-order valence-electron chi connectivity index (χ1n) is 8.24. The molecule has 0 aliphatic rings. The van der Waals surface area contributed by atoms with Gasteiger partial charge in [0.2, 0.25) is 0 Å². The zero-order valence-corrected chi connectivity index (χ0v) is 13.3. The van der Waals surface area contributed by atoms with Crippen molar-refractivity contribution in [2.75, 3.05) is 0 Å². The van der Waals surface area contributed by atoms with E-state index in [1.165, 1.54) is 43.4 Å². The van der Waals surface area contributed by atoms with Crippen LogP contribution in [0.4, 0.5) is 0 Å². The van der Waals surface area contributed by atoms with Crippen LogP contribution in [0.2, 0.25) is 0 Å². The smallest absolute Gasteiger partial charge is 0.00264 e. The molecule has 0 unspecified atom stereocenters. The van der Waals surface area contributed by atoms with Crippen molar-refractivity contribution in [1.82, 2.24) is 0 Å². The number of hydrogen-bond acceptors (Lipinski definition) is 0. The summed E-state index contributed by atoms with van der Waals surface area (Å²) in [5.74, 6) is 0. The Balaban J connectivity index is 1.87. The summed E-state index contributed by atoms with van der Waals surface area (Å²) in [6.07, 6.45) is 1.90. The fourth-order valence-corrected chi connectivity index (χ4v) is 3.77. The van der Waals surface area contributed by atoms with Gasteiger partial charge in [0.05, 0.1) is 0 Å². The van der Waals surface area contributed by atoms with Crippen LogP contribution in [0, 0.1) is 0 Å². The molecule has 0 bridgehead atoms. The van der Waals surface area contributed by atoms with Gasteiger partial charge in [0.25, 0.3) is 0 Å². The molecule has 0 radical (unpaired) electrons. The number of hydrogen-bond donors (Lipinski definition) is 0. The molecule has 0 fully saturated rings. The van der Waals surface area contributed by atoms with Crippen LogP contribution >= 0.6 is 0 Å². The highest BCUT2D eigenvalue weighted by atomic mass is 14.1. The molecule has 0 saturated carbocycles. The topological polar surface area (TPSA) is 0 Å². The van der Waals surface area contributed by atoms with Crippen molar-refractivity contribution in [3.05, 3.63) is 91.0 Å². The second kappa shape index (κ2) is 4.94. The Kier molecular flexibility index (Phi) is 2.74. The quantitative estimate of drug-likeness (QED) is 0.311. The Morgan fingerprint density at radius 1 is 0.542 bits per heavy atom. The second-order valence-corrected chi connectivity index (χ2v) is 6.34. The minimum Gasteiger partial charge on any atom is -0.0985 e. The van der Waals surface area contributed by atoms with Crippen LogP contribution in [-0.2, 0) is 0 Å². The molecule has 0 saturated heterocycles. The standard InChI is InChI=1S/C24H16/c1-2-16-5-3-8-19(13-16)22-14-20-11-9-17-6-4-7-18-10-12-21(15-22)24(20)23(17)18/h2-15H,1H2. The molecule has 0 heteroatoms. The van der Waals surface area contributed by atoms with Crippen molar-refractivity contribution in [1.29, 1.82) is 0 Å². The van der Waals surface area contributed by atoms with E-state index in [4.69, 9.17) is 0 Å². The van der Waals surface area contributed by atoms with Gasteiger partial charge in [0, 0.05) is 0 Å². The molecule has 112 valence electrons. The molecular formula is C24H16. The summed E-state index contributed by atoms with van der Waals surface area (Å²) < 4.78 is 0. The fourth-order valence-electron chi connectivity index (χ4n) is 3.77. The zero-order chi connectivity index (χ0) is 16.1. The minimum absolute atomic E-state index is 1.15. The normalized spacial score (nSPS) is 11.5. The molecule has 0 atom stereocenters. The predicted octanol–water partition coefficient (Wildman–Crippen LogP) is 6.89. The van der Waals surface area contributed by atoms with E-state index in [0.29, 0.717) is 0 Å². The molecule has 0 aliphatic carbocycles. The van der Waals surface area contributed by atoms with Gasteiger partial charge >= 0.3 is 0 Å². The maximum atomic E-state index is 3.88. The first-order chi connectivity index (χ1) is 11.8. The lowest BCUT2D eigenvalue weighted by Crippen LogP contribution is -1.86. The summed E-state index contributed by atoms with van der Waals surface area (Å²) >= 11 is 0. The van der Waals surface area contributed by atoms with Gasteiger partial charge in [-0.2, -0.15) is 0 Å². The molecule has 0 aromatic heterocycles. The molecular weight excluding hydrogens is 288 g/mol. The molecule has 5 aromatic rings. The van der Waals surface area contributed by atoms with E-state index < -0.39 is 0 Å². The van der Waals surface area contributed by atoms with Gasteiger partial charge in [0.1, 0.15) is 0 Å². The first kappa shape index (κ1) is 13.3. The Labute approximate surface area is 141 Å². The van der Waals surface area contributed by atoms with E-state index in [0.717, 1.165) is 5.56 Å². The van der Waals surface area contributed by atoms with Crippen molar-refractivity contribution in [3.8, 4) is 11.1 Å². The third kappa shape index (κ3) is 1.87. The summed E-state index contributed by atoms with van der Waals surface area (Å²) in [6.45, 7) is 3.88. The molecule has 5 aromatic carbocycles. The van der Waals surface area contributed by atoms with E-state index in [1.54, 1.807) is 0 Å². The lowest BCUT2D eigenvalue weighted by molar-refractivity contribution is 1.63. The average molecular weight is 304 g/mol. The molecule has 5 rings (SSSR count). The summed E-state index contributed by atoms with van der Waals surface area (Å²) in [5.41, 5.74) is 3.64. The van der Waals surface area contributed by atoms with Crippen molar-refractivity contribution in [3.63, 3.8) is 0 Å². The van der Waals surface area contributed by atoms with E-state index >= 15 is 0 Å². The van der Waals surface area contributed by atoms with Crippen LogP contribution in [-0.4, -0.2) is 0 Å². The Hall–Kier alpha value is -3.12. The van der Waals surface area contributed by atoms with Crippen molar-refractivity contribution in [2.45, 2.75) is 0 Å². The summed E-state index contributed by atoms with van der Waals surface area (Å²) in [4.78, 5) is 0. The van der Waals surface area contributed by atoms with E-state index in [9.17, 15) is 0 Å². The zero-order valence-electron chi connectivity index (χ0n) is 13.3. The first-order valence-corrected chi connectivity index (χ1v) is 8.24. The monoisotopic (exact) mass is 304 g/mol. The third-order valence-corrected chi connectivity index (χ3v) is 4.92. The maximum Gasteiger partial charge on any atom is -0.00264 e. The molecule has 0 amide bonds. The Morgan fingerprint density at radius 3 is 1.79 bits per heavy atom. The fraction of sp³-hybridized carbons (Fsp3) is 0. The number of benzene rings is 5. The summed E-state index contributed by atoms with van der Waals surface area (Å²) in [5, 5.41) is 7.97. The summed E-state index contributed by atoms with van der Waals surface area (Å²) in [7, 11) is 0. The van der Waals surface area contributed by atoms with Crippen LogP contribution in [0.15, 0.2) is 85.4 Å². The van der Waals surface area contributed by atoms with Crippen LogP contribution in [0.1, 0.15) is 5.56 Å². The van der Waals surface area contributed by atoms with Crippen molar-refractivity contribution >= 4 is 38.4 Å². The lowest BCUT2D eigenvalue weighted by atomic mass is 9.91. The minimum atomic E-state index is 1.15. The van der Waals surface area contributed by atoms with E-state index in [-0.39, 0.29) is 0 Å². The molecule has 0 N–H and O–H groups in total. The predicted molar refractivity (Wildman–Crippen MR) is 106 cm³/mol. The second-order valence-electron chi connectivity index (χ2n) is 6.34. The summed E-state index contributed by atoms with van der Waals surface area (Å²) in [6, 6.07) is 28.6. The van der Waals surface area contributed by atoms with Gasteiger partial charge in [0.15, 0.2) is 0 Å². The highest BCUT2D eigenvalue weighted by Gasteiger charge is 2.09. The van der Waals surface area contributed by atoms with Gasteiger partial charge in [-0.15, -0.1) is 0 Å². The van der Waals surface area contributed by atoms with Crippen molar-refractivity contribution in [2.24, 2.45) is 0 Å². The largest absolute Gasteiger partial charge is 0.0985 e. The van der Waals surface area contributed by atoms with Crippen LogP contribution in [0.3, 0.4) is 0 Å². The van der Waals surface area contributed by atoms with E-state index in [2.05, 4.69) is 85.4 Å². The number of rotatable bonds is 2. The van der Waals surface area contributed by atoms with Gasteiger partial charge in [-0.25, -0.2) is 0 Å². The van der Waals surface area contributed by atoms with E-state index in [1.807, 2.05) is 6.08 Å². The average Bonchev–Trinajstić information content (AvgIpc) is 2.66. The lowest BCUT2D eigenvalue weighted by Gasteiger charge is -2.13. The van der Waals surface area contributed by atoms with Gasteiger partial charge in [-0.05, 0) is 67.2 Å². The maximum absolute atomic E-state index is 3.88. The molecule has 0 spiro atoms.